The zero-order valence-corrected chi connectivity index (χ0v) is 14.5. The Labute approximate surface area is 147 Å². The number of nitrogens with one attached hydrogen (secondary N) is 1. The summed E-state index contributed by atoms with van der Waals surface area (Å²) in [6.45, 7) is 4.58. The SMILES string of the molecule is CC(C)c1nc2c(c(=O)[nH]1)CN(Cc1cccc(C(F)(F)F)c1F)CC2. The van der Waals surface area contributed by atoms with Crippen molar-refractivity contribution in [2.24, 2.45) is 0 Å². The fraction of sp³-hybridized carbons (Fsp3) is 0.444. The van der Waals surface area contributed by atoms with Crippen LogP contribution in [0.25, 0.3) is 0 Å². The second-order valence-electron chi connectivity index (χ2n) is 6.77. The van der Waals surface area contributed by atoms with Crippen molar-refractivity contribution in [2.45, 2.75) is 45.5 Å². The van der Waals surface area contributed by atoms with Gasteiger partial charge in [0.2, 0.25) is 0 Å². The number of rotatable bonds is 3. The summed E-state index contributed by atoms with van der Waals surface area (Å²) in [5.41, 5.74) is -0.348. The lowest BCUT2D eigenvalue weighted by Crippen LogP contribution is -2.36. The Balaban J connectivity index is 1.84. The van der Waals surface area contributed by atoms with Crippen LogP contribution in [0.5, 0.6) is 0 Å². The maximum Gasteiger partial charge on any atom is 0.419 e. The van der Waals surface area contributed by atoms with Crippen LogP contribution in [0.15, 0.2) is 23.0 Å². The zero-order valence-electron chi connectivity index (χ0n) is 14.5. The van der Waals surface area contributed by atoms with Gasteiger partial charge in [0.05, 0.1) is 16.8 Å². The van der Waals surface area contributed by atoms with Crippen LogP contribution in [0.4, 0.5) is 17.6 Å². The van der Waals surface area contributed by atoms with Crippen LogP contribution >= 0.6 is 0 Å². The van der Waals surface area contributed by atoms with Crippen LogP contribution in [0, 0.1) is 5.82 Å². The minimum Gasteiger partial charge on any atom is -0.310 e. The van der Waals surface area contributed by atoms with E-state index in [1.165, 1.54) is 12.1 Å². The van der Waals surface area contributed by atoms with Crippen molar-refractivity contribution in [2.75, 3.05) is 6.54 Å². The molecule has 0 bridgehead atoms. The number of fused-ring (bicyclic) bond motifs is 1. The molecule has 2 aromatic rings. The highest BCUT2D eigenvalue weighted by Gasteiger charge is 2.35. The van der Waals surface area contributed by atoms with E-state index in [1.807, 2.05) is 13.8 Å². The van der Waals surface area contributed by atoms with Crippen molar-refractivity contribution in [3.63, 3.8) is 0 Å². The molecule has 0 amide bonds. The van der Waals surface area contributed by atoms with Gasteiger partial charge in [-0.3, -0.25) is 9.69 Å². The van der Waals surface area contributed by atoms with Gasteiger partial charge >= 0.3 is 6.18 Å². The third-order valence-electron chi connectivity index (χ3n) is 4.49. The van der Waals surface area contributed by atoms with Crippen LogP contribution in [0.1, 0.15) is 48.0 Å². The minimum absolute atomic E-state index is 0.000561. The lowest BCUT2D eigenvalue weighted by Gasteiger charge is -2.28. The summed E-state index contributed by atoms with van der Waals surface area (Å²) in [7, 11) is 0. The van der Waals surface area contributed by atoms with E-state index in [2.05, 4.69) is 9.97 Å². The second kappa shape index (κ2) is 6.83. The number of hydrogen-bond donors (Lipinski definition) is 1. The Morgan fingerprint density at radius 1 is 1.31 bits per heavy atom. The fourth-order valence-corrected chi connectivity index (χ4v) is 3.07. The Hall–Kier alpha value is -2.22. The van der Waals surface area contributed by atoms with Crippen molar-refractivity contribution in [1.29, 1.82) is 0 Å². The van der Waals surface area contributed by atoms with E-state index < -0.39 is 17.6 Å². The summed E-state index contributed by atoms with van der Waals surface area (Å²) in [6, 6.07) is 3.26. The van der Waals surface area contributed by atoms with Crippen molar-refractivity contribution in [3.05, 3.63) is 62.6 Å². The van der Waals surface area contributed by atoms with Gasteiger partial charge in [0, 0.05) is 37.5 Å². The highest BCUT2D eigenvalue weighted by molar-refractivity contribution is 5.29. The van der Waals surface area contributed by atoms with Crippen LogP contribution in [-0.4, -0.2) is 21.4 Å². The van der Waals surface area contributed by atoms with E-state index in [0.717, 1.165) is 6.07 Å². The molecule has 26 heavy (non-hydrogen) atoms. The average Bonchev–Trinajstić information content (AvgIpc) is 2.56. The van der Waals surface area contributed by atoms with Gasteiger partial charge in [0.25, 0.3) is 5.56 Å². The molecule has 0 spiro atoms. The van der Waals surface area contributed by atoms with Crippen molar-refractivity contribution in [1.82, 2.24) is 14.9 Å². The van der Waals surface area contributed by atoms with Gasteiger partial charge in [-0.15, -0.1) is 0 Å². The van der Waals surface area contributed by atoms with Crippen molar-refractivity contribution >= 4 is 0 Å². The third-order valence-corrected chi connectivity index (χ3v) is 4.49. The minimum atomic E-state index is -4.73. The van der Waals surface area contributed by atoms with E-state index in [0.29, 0.717) is 30.0 Å². The van der Waals surface area contributed by atoms with Gasteiger partial charge in [0.1, 0.15) is 11.6 Å². The second-order valence-corrected chi connectivity index (χ2v) is 6.77. The number of alkyl halides is 3. The molecule has 1 aromatic carbocycles. The molecule has 3 rings (SSSR count). The quantitative estimate of drug-likeness (QED) is 0.841. The lowest BCUT2D eigenvalue weighted by atomic mass is 10.0. The normalized spacial score (nSPS) is 15.3. The summed E-state index contributed by atoms with van der Waals surface area (Å²) >= 11 is 0. The van der Waals surface area contributed by atoms with E-state index in [9.17, 15) is 22.4 Å². The first-order chi connectivity index (χ1) is 12.2. The molecule has 0 saturated carbocycles. The summed E-state index contributed by atoms with van der Waals surface area (Å²) in [5, 5.41) is 0. The van der Waals surface area contributed by atoms with Crippen molar-refractivity contribution < 1.29 is 17.6 Å². The first-order valence-corrected chi connectivity index (χ1v) is 8.35. The van der Waals surface area contributed by atoms with Gasteiger partial charge in [0.15, 0.2) is 0 Å². The molecule has 0 radical (unpaired) electrons. The van der Waals surface area contributed by atoms with Gasteiger partial charge < -0.3 is 4.98 Å². The van der Waals surface area contributed by atoms with Gasteiger partial charge in [-0.1, -0.05) is 26.0 Å². The highest BCUT2D eigenvalue weighted by atomic mass is 19.4. The standard InChI is InChI=1S/C18H19F4N3O/c1-10(2)16-23-14-6-7-25(9-12(14)17(26)24-16)8-11-4-3-5-13(15(11)19)18(20,21)22/h3-5,10H,6-9H2,1-2H3,(H,23,24,26). The number of aromatic nitrogens is 2. The smallest absolute Gasteiger partial charge is 0.310 e. The third kappa shape index (κ3) is 3.65. The van der Waals surface area contributed by atoms with Gasteiger partial charge in [-0.25, -0.2) is 9.37 Å². The molecule has 2 heterocycles. The molecule has 0 unspecified atom stereocenters. The van der Waals surface area contributed by atoms with Crippen molar-refractivity contribution in [3.8, 4) is 0 Å². The Morgan fingerprint density at radius 3 is 2.69 bits per heavy atom. The molecule has 1 N–H and O–H groups in total. The summed E-state index contributed by atoms with van der Waals surface area (Å²) in [5.74, 6) is -0.552. The van der Waals surface area contributed by atoms with E-state index in [-0.39, 0.29) is 30.1 Å². The molecule has 0 fully saturated rings. The monoisotopic (exact) mass is 369 g/mol. The maximum absolute atomic E-state index is 14.2. The van der Waals surface area contributed by atoms with E-state index in [1.54, 1.807) is 4.90 Å². The molecule has 1 aliphatic rings. The molecular formula is C18H19F4N3O. The molecular weight excluding hydrogens is 350 g/mol. The summed E-state index contributed by atoms with van der Waals surface area (Å²) in [4.78, 5) is 21.3. The molecule has 0 atom stereocenters. The van der Waals surface area contributed by atoms with Gasteiger partial charge in [-0.05, 0) is 6.07 Å². The first kappa shape index (κ1) is 18.6. The number of halogens is 4. The first-order valence-electron chi connectivity index (χ1n) is 8.35. The van der Waals surface area contributed by atoms with Crippen LogP contribution in [0.3, 0.4) is 0 Å². The molecule has 0 saturated heterocycles. The topological polar surface area (TPSA) is 49.0 Å². The average molecular weight is 369 g/mol. The zero-order chi connectivity index (χ0) is 19.1. The molecule has 140 valence electrons. The van der Waals surface area contributed by atoms with Crippen LogP contribution in [-0.2, 0) is 25.7 Å². The fourth-order valence-electron chi connectivity index (χ4n) is 3.07. The molecule has 4 nitrogen and oxygen atoms in total. The number of H-pyrrole nitrogens is 1. The summed E-state index contributed by atoms with van der Waals surface area (Å²) < 4.78 is 52.8. The van der Waals surface area contributed by atoms with Crippen LogP contribution < -0.4 is 5.56 Å². The Kier molecular flexibility index (Phi) is 4.88. The maximum atomic E-state index is 14.2. The molecule has 1 aliphatic heterocycles. The number of aromatic amines is 1. The molecule has 1 aromatic heterocycles. The molecule has 0 aliphatic carbocycles. The predicted octanol–water partition coefficient (Wildman–Crippen LogP) is 3.61. The van der Waals surface area contributed by atoms with E-state index >= 15 is 0 Å². The number of hydrogen-bond acceptors (Lipinski definition) is 3. The van der Waals surface area contributed by atoms with E-state index in [4.69, 9.17) is 0 Å². The van der Waals surface area contributed by atoms with Crippen LogP contribution in [0.2, 0.25) is 0 Å². The number of nitrogens with zero attached hydrogens (tertiary/aromatic N) is 2. The lowest BCUT2D eigenvalue weighted by molar-refractivity contribution is -0.140. The summed E-state index contributed by atoms with van der Waals surface area (Å²) in [6.07, 6.45) is -4.23. The highest BCUT2D eigenvalue weighted by Crippen LogP contribution is 2.33. The predicted molar refractivity (Wildman–Crippen MR) is 88.2 cm³/mol. The molecule has 8 heteroatoms. The van der Waals surface area contributed by atoms with Gasteiger partial charge in [-0.2, -0.15) is 13.2 Å². The number of benzene rings is 1. The Bertz CT molecular complexity index is 874. The largest absolute Gasteiger partial charge is 0.419 e. The Morgan fingerprint density at radius 2 is 2.04 bits per heavy atom.